The molecule has 0 spiro atoms. The molecule has 6 aliphatic heterocycles. The zero-order valence-electron chi connectivity index (χ0n) is 84.1. The third kappa shape index (κ3) is 28.0. The summed E-state index contributed by atoms with van der Waals surface area (Å²) in [5.74, 6) is -6.63. The summed E-state index contributed by atoms with van der Waals surface area (Å²) in [7, 11) is 4.59. The van der Waals surface area contributed by atoms with Crippen LogP contribution in [0.4, 0.5) is 23.7 Å². The van der Waals surface area contributed by atoms with Gasteiger partial charge in [0.1, 0.15) is 47.7 Å². The second-order valence-electron chi connectivity index (χ2n) is 39.5. The zero-order chi connectivity index (χ0) is 102. The van der Waals surface area contributed by atoms with Gasteiger partial charge >= 0.3 is 5.97 Å². The molecule has 2 aromatic carbocycles. The summed E-state index contributed by atoms with van der Waals surface area (Å²) >= 11 is 0. The summed E-state index contributed by atoms with van der Waals surface area (Å²) < 4.78 is 49.4. The topological polar surface area (TPSA) is 491 Å². The first kappa shape index (κ1) is 107. The van der Waals surface area contributed by atoms with Crippen LogP contribution >= 0.6 is 0 Å². The maximum absolute atomic E-state index is 14.8. The molecule has 2 bridgehead atoms. The number of anilines is 4. The third-order valence-corrected chi connectivity index (χ3v) is 29.1. The lowest BCUT2D eigenvalue weighted by molar-refractivity contribution is -0.265. The Balaban J connectivity index is 0.482. The van der Waals surface area contributed by atoms with Gasteiger partial charge in [0, 0.05) is 192 Å². The van der Waals surface area contributed by atoms with E-state index in [4.69, 9.17) is 59.0 Å². The number of ketones is 2. The molecular weight excluding hydrogens is 1840 g/mol. The van der Waals surface area contributed by atoms with Crippen LogP contribution in [0.25, 0.3) is 33.4 Å². The molecule has 14 rings (SSSR count). The number of nitrogen functional groups attached to an aromatic ring is 2. The van der Waals surface area contributed by atoms with Crippen molar-refractivity contribution in [2.24, 2.45) is 40.7 Å². The van der Waals surface area contributed by atoms with Crippen molar-refractivity contribution in [3.05, 3.63) is 143 Å². The lowest BCUT2D eigenvalue weighted by Crippen LogP contribution is -2.61. The minimum atomic E-state index is -2.47. The second kappa shape index (κ2) is 50.8. The number of amides is 4. The highest BCUT2D eigenvalue weighted by atomic mass is 16.6. The number of fused-ring (bicyclic) bond motifs is 6. The lowest BCUT2D eigenvalue weighted by Gasteiger charge is -2.43. The largest absolute Gasteiger partial charge is 0.460 e. The van der Waals surface area contributed by atoms with E-state index in [2.05, 4.69) is 73.4 Å². The highest BCUT2D eigenvalue weighted by Crippen LogP contribution is 2.40. The number of cyclic esters (lactones) is 1. The molecule has 1 saturated carbocycles. The van der Waals surface area contributed by atoms with Gasteiger partial charge in [-0.05, 0) is 155 Å². The number of rotatable bonds is 30. The molecule has 11 heterocycles. The Morgan fingerprint density at radius 3 is 2.20 bits per heavy atom. The van der Waals surface area contributed by atoms with E-state index in [0.717, 1.165) is 40.9 Å². The fourth-order valence-electron chi connectivity index (χ4n) is 20.4. The minimum Gasteiger partial charge on any atom is -0.460 e. The molecule has 774 valence electrons. The van der Waals surface area contributed by atoms with Gasteiger partial charge in [-0.25, -0.2) is 39.4 Å². The number of methoxy groups -OCH3 is 3. The van der Waals surface area contributed by atoms with Gasteiger partial charge in [0.05, 0.1) is 80.0 Å². The van der Waals surface area contributed by atoms with E-state index in [1.165, 1.54) is 18.3 Å². The summed E-state index contributed by atoms with van der Waals surface area (Å²) in [6.07, 6.45) is 19.6. The van der Waals surface area contributed by atoms with Crippen molar-refractivity contribution >= 4 is 92.7 Å². The molecule has 0 unspecified atom stereocenters. The number of ether oxygens (including phenoxy) is 7. The average Bonchev–Trinajstić information content (AvgIpc) is 1.74. The van der Waals surface area contributed by atoms with E-state index < -0.39 is 84.1 Å². The summed E-state index contributed by atoms with van der Waals surface area (Å²) in [5.41, 5.74) is 21.4. The summed E-state index contributed by atoms with van der Waals surface area (Å²) in [4.78, 5) is 146. The maximum atomic E-state index is 14.8. The lowest BCUT2D eigenvalue weighted by atomic mass is 9.78. The van der Waals surface area contributed by atoms with Gasteiger partial charge in [0.25, 0.3) is 23.6 Å². The number of hydrogen-bond donors (Lipinski definition) is 7. The number of oxime groups is 1. The van der Waals surface area contributed by atoms with Crippen molar-refractivity contribution in [1.82, 2.24) is 69.6 Å². The highest BCUT2D eigenvalue weighted by Gasteiger charge is 2.54. The van der Waals surface area contributed by atoms with Crippen molar-refractivity contribution in [2.45, 2.75) is 238 Å². The number of carbonyl (C=O) groups is 7. The van der Waals surface area contributed by atoms with Gasteiger partial charge in [-0.1, -0.05) is 94.4 Å². The predicted octanol–water partition coefficient (Wildman–Crippen LogP) is 8.66. The number of allylic oxidation sites excluding steroid dienone is 5. The van der Waals surface area contributed by atoms with Crippen LogP contribution in [0.3, 0.4) is 0 Å². The second-order valence-corrected chi connectivity index (χ2v) is 39.5. The summed E-state index contributed by atoms with van der Waals surface area (Å²) in [6, 6.07) is 10.7. The van der Waals surface area contributed by atoms with Gasteiger partial charge < -0.3 is 104 Å². The van der Waals surface area contributed by atoms with Crippen molar-refractivity contribution in [1.29, 1.82) is 0 Å². The first-order valence-corrected chi connectivity index (χ1v) is 50.5. The number of benzene rings is 2. The average molecular weight is 1980 g/mol. The Labute approximate surface area is 834 Å². The van der Waals surface area contributed by atoms with Gasteiger partial charge in [-0.2, -0.15) is 10.1 Å². The number of nitrogens with zero attached hydrogens (tertiary/aromatic N) is 16. The van der Waals surface area contributed by atoms with Crippen LogP contribution in [0.5, 0.6) is 0 Å². The Morgan fingerprint density at radius 2 is 1.45 bits per heavy atom. The quantitative estimate of drug-likeness (QED) is 0.00727. The van der Waals surface area contributed by atoms with E-state index in [9.17, 15) is 54.0 Å². The zero-order valence-corrected chi connectivity index (χ0v) is 84.1. The fourth-order valence-corrected chi connectivity index (χ4v) is 20.4. The standard InChI is InChI=1S/C104H143N19O20/c1-64-17-12-11-13-18-65(2)85(135-8)53-79-26-21-70(7)104(134,143-79)95(130)99(132)122-32-15-14-20-81(122)100(133)141-86(67(4)49-71-23-27-82(125)87(51-71)136-9)54-83(126)66(3)48-69(6)93(129)94(137-10)91(68(5)47-64)116-140-62-78(124)19-16-43-138-44-30-88(127)107-55-73-56-108-102(109-57-73)120-40-38-118(39-41-120)89(128)31-45-139-46-42-117-34-36-119(37-35-117)103-110-58-77(59-111-103)98(131)121-33-29-74-50-72(22-24-76(74)61-121)60-123-97-90(96(105)112-63-113-97)92(115-123)75-25-28-84-80(52-75)114-101(106)142-84/h11-13,17-18,22,24-25,28,48,50,52,56-59,63-64,66-68,70-71,79,81-83,85-87,93-94,125-126,129,134H,14-16,19-21,23,26-27,29-47,49,51,53-55,60-62H2,1-10H3,(H2,106,114)(H,107,127)(H2,105,112,113)/b13-11+,17-12+,65-18+,69-48+,116-91?/t64-,66-,67-,68-,70-,71+,79+,81+,82-,83-,85+,86+,87-,93-,94+,104-/m1/s1. The number of piperidine rings is 1. The van der Waals surface area contributed by atoms with E-state index in [-0.39, 0.29) is 131 Å². The Morgan fingerprint density at radius 1 is 0.706 bits per heavy atom. The molecule has 7 aliphatic rings. The molecular formula is C104H143N19O20. The Bertz CT molecular complexity index is 5640. The first-order chi connectivity index (χ1) is 68.9. The number of oxazole rings is 1. The molecule has 0 radical (unpaired) electrons. The maximum Gasteiger partial charge on any atom is 0.329 e. The molecule has 5 aromatic heterocycles. The van der Waals surface area contributed by atoms with Crippen LogP contribution < -0.4 is 26.6 Å². The molecule has 9 N–H and O–H groups in total. The molecule has 39 nitrogen and oxygen atoms in total. The number of carbonyl (C=O) groups excluding carboxylic acids is 7. The van der Waals surface area contributed by atoms with Crippen LogP contribution in [0, 0.1) is 35.5 Å². The number of esters is 1. The van der Waals surface area contributed by atoms with Crippen LogP contribution in [0.1, 0.15) is 184 Å². The van der Waals surface area contributed by atoms with E-state index >= 15 is 0 Å². The van der Waals surface area contributed by atoms with Gasteiger partial charge in [0.15, 0.2) is 23.6 Å². The summed E-state index contributed by atoms with van der Waals surface area (Å²) in [5, 5.41) is 60.4. The molecule has 4 amide bonds. The predicted molar refractivity (Wildman–Crippen MR) is 534 cm³/mol. The number of hydrogen-bond acceptors (Lipinski definition) is 34. The van der Waals surface area contributed by atoms with Gasteiger partial charge in [-0.3, -0.25) is 33.7 Å². The molecule has 4 saturated heterocycles. The molecule has 39 heteroatoms. The van der Waals surface area contributed by atoms with Crippen molar-refractivity contribution in [3.63, 3.8) is 0 Å². The number of aliphatic hydroxyl groups excluding tert-OH is 3. The number of aliphatic hydroxyl groups is 4. The number of nitrogens with two attached hydrogens (primary N) is 2. The van der Waals surface area contributed by atoms with Crippen molar-refractivity contribution in [3.8, 4) is 11.3 Å². The number of aromatic nitrogens is 9. The highest BCUT2D eigenvalue weighted by molar-refractivity contribution is 6.39. The molecule has 143 heavy (non-hydrogen) atoms. The monoisotopic (exact) mass is 1980 g/mol. The van der Waals surface area contributed by atoms with Crippen molar-refractivity contribution in [2.75, 3.05) is 148 Å². The third-order valence-electron chi connectivity index (χ3n) is 29.1. The normalized spacial score (nSPS) is 27.5. The van der Waals surface area contributed by atoms with Gasteiger partial charge in [0.2, 0.25) is 29.5 Å². The molecule has 5 fully saturated rings. The summed E-state index contributed by atoms with van der Waals surface area (Å²) in [6.45, 7) is 21.3. The first-order valence-electron chi connectivity index (χ1n) is 50.5. The fraction of sp³-hybridized carbons (Fsp3) is 0.596. The van der Waals surface area contributed by atoms with Crippen LogP contribution in [-0.4, -0.2) is 319 Å². The minimum absolute atomic E-state index is 0.0243. The van der Waals surface area contributed by atoms with Crippen molar-refractivity contribution < 1.29 is 96.4 Å². The van der Waals surface area contributed by atoms with Crippen LogP contribution in [-0.2, 0) is 92.8 Å². The Hall–Kier alpha value is -11.5. The van der Waals surface area contributed by atoms with E-state index in [1.54, 1.807) is 71.9 Å². The number of piperazine rings is 2. The number of nitrogens with one attached hydrogen (secondary N) is 1. The Kier molecular flexibility index (Phi) is 38.1. The van der Waals surface area contributed by atoms with E-state index in [1.807, 2.05) is 89.6 Å². The molecule has 7 aromatic rings. The SMILES string of the molecule is CO[C@H]1C[C@@H]2CC[C@@H](C)[C@@](O)(O2)C(=O)C(=O)N2CCCC[C@H]2C(=O)O[C@H]([C@H](C)C[C@@H]2CC[C@@H](O)[C@H](OC)C2)C[C@@H](O)[C@H](C)/C=C(\C)[C@@H](O)[C@@H](OC)C(=NOCC(=O)CCCOCCC(=O)NCc2cnc(N3CCN(C(=O)CCOCCN4CCN(c5ncc(C(=O)N6CCc7cc(Cn8nc(-c9ccc%10oc(N)nc%10c9)c9c(N)ncnc98)ccc7C6)cn5)CC4)CC3)nc2)[C@H](C)C[C@H](C)/C=C/C=C/C=C/1C. The smallest absolute Gasteiger partial charge is 0.329 e. The van der Waals surface area contributed by atoms with Crippen LogP contribution in [0.2, 0.25) is 0 Å². The van der Waals surface area contributed by atoms with E-state index in [0.29, 0.717) is 217 Å². The number of Topliss-reactive ketones (excluding diaryl/α,β-unsaturated/α-hetero) is 2. The molecule has 16 atom stereocenters. The van der Waals surface area contributed by atoms with Crippen LogP contribution in [0.15, 0.2) is 125 Å². The molecule has 1 aliphatic carbocycles. The van der Waals surface area contributed by atoms with Gasteiger partial charge in [-0.15, -0.1) is 0 Å².